The van der Waals surface area contributed by atoms with Gasteiger partial charge in [-0.05, 0) is 12.1 Å². The molecule has 2 aromatic rings. The summed E-state index contributed by atoms with van der Waals surface area (Å²) in [7, 11) is 1.57. The van der Waals surface area contributed by atoms with Crippen LogP contribution in [0.25, 0.3) is 11.4 Å². The molecule has 2 rings (SSSR count). The van der Waals surface area contributed by atoms with Crippen LogP contribution in [0.15, 0.2) is 18.2 Å². The number of ether oxygens (including phenoxy) is 1. The van der Waals surface area contributed by atoms with Gasteiger partial charge in [0.05, 0.1) is 7.11 Å². The summed E-state index contributed by atoms with van der Waals surface area (Å²) in [6.07, 6.45) is 0. The molecule has 0 aliphatic rings. The van der Waals surface area contributed by atoms with Crippen molar-refractivity contribution in [3.63, 3.8) is 0 Å². The number of aromatic nitrogens is 3. The summed E-state index contributed by atoms with van der Waals surface area (Å²) in [5.41, 5.74) is 12.5. The van der Waals surface area contributed by atoms with E-state index in [0.29, 0.717) is 22.8 Å². The third-order valence-electron chi connectivity index (χ3n) is 2.22. The molecule has 0 fully saturated rings. The van der Waals surface area contributed by atoms with Crippen LogP contribution in [0.1, 0.15) is 0 Å². The van der Waals surface area contributed by atoms with E-state index in [1.807, 2.05) is 0 Å². The number of nitrogens with two attached hydrogens (primary N) is 3. The van der Waals surface area contributed by atoms with Crippen LogP contribution < -0.4 is 22.0 Å². The average molecular weight is 220 g/mol. The van der Waals surface area contributed by atoms with Crippen molar-refractivity contribution in [1.29, 1.82) is 0 Å². The van der Waals surface area contributed by atoms with Crippen LogP contribution in [0.2, 0.25) is 0 Å². The topological polar surface area (TPSA) is 118 Å². The van der Waals surface area contributed by atoms with Gasteiger partial charge in [-0.1, -0.05) is 0 Å². The molecule has 0 saturated heterocycles. The molecule has 0 spiro atoms. The Kier molecular flexibility index (Phi) is 2.28. The van der Waals surface area contributed by atoms with Gasteiger partial charge >= 0.3 is 0 Å². The Morgan fingerprint density at radius 2 is 2.00 bits per heavy atom. The molecule has 0 radical (unpaired) electrons. The third kappa shape index (κ3) is 1.48. The van der Waals surface area contributed by atoms with E-state index in [9.17, 15) is 0 Å². The fourth-order valence-corrected chi connectivity index (χ4v) is 1.36. The van der Waals surface area contributed by atoms with Gasteiger partial charge in [-0.15, -0.1) is 10.2 Å². The maximum atomic E-state index is 5.85. The van der Waals surface area contributed by atoms with E-state index in [-0.39, 0.29) is 5.95 Å². The molecule has 7 heteroatoms. The zero-order valence-corrected chi connectivity index (χ0v) is 8.71. The van der Waals surface area contributed by atoms with Crippen LogP contribution in [-0.2, 0) is 0 Å². The number of nitrogens with zero attached hydrogens (tertiary/aromatic N) is 3. The van der Waals surface area contributed by atoms with E-state index in [2.05, 4.69) is 10.2 Å². The van der Waals surface area contributed by atoms with Crippen molar-refractivity contribution < 1.29 is 4.74 Å². The van der Waals surface area contributed by atoms with Crippen LogP contribution in [-0.4, -0.2) is 22.0 Å². The number of rotatable bonds is 2. The Balaban J connectivity index is 2.52. The predicted molar refractivity (Wildman–Crippen MR) is 61.0 cm³/mol. The van der Waals surface area contributed by atoms with Gasteiger partial charge < -0.3 is 22.0 Å². The molecule has 6 N–H and O–H groups in total. The van der Waals surface area contributed by atoms with Crippen LogP contribution in [0, 0.1) is 0 Å². The van der Waals surface area contributed by atoms with Gasteiger partial charge in [-0.2, -0.15) is 0 Å². The number of nitrogen functional groups attached to an aromatic ring is 3. The lowest BCUT2D eigenvalue weighted by molar-refractivity contribution is 0.415. The van der Waals surface area contributed by atoms with Gasteiger partial charge in [0.25, 0.3) is 0 Å². The van der Waals surface area contributed by atoms with E-state index in [1.165, 1.54) is 4.68 Å². The van der Waals surface area contributed by atoms with Crippen molar-refractivity contribution in [3.05, 3.63) is 18.2 Å². The van der Waals surface area contributed by atoms with Crippen molar-refractivity contribution >= 4 is 11.6 Å². The molecule has 0 bridgehead atoms. The average Bonchev–Trinajstić information content (AvgIpc) is 2.60. The lowest BCUT2D eigenvalue weighted by atomic mass is 10.1. The van der Waals surface area contributed by atoms with Crippen LogP contribution in [0.3, 0.4) is 0 Å². The van der Waals surface area contributed by atoms with E-state index in [1.54, 1.807) is 25.3 Å². The van der Waals surface area contributed by atoms with Gasteiger partial charge in [-0.3, -0.25) is 0 Å². The van der Waals surface area contributed by atoms with Gasteiger partial charge in [-0.25, -0.2) is 4.68 Å². The molecule has 0 amide bonds. The van der Waals surface area contributed by atoms with Gasteiger partial charge in [0.1, 0.15) is 5.75 Å². The SMILES string of the molecule is COc1ccc(-c2nnc(N)n2N)c(N)c1. The first kappa shape index (κ1) is 10.1. The Morgan fingerprint density at radius 3 is 2.50 bits per heavy atom. The molecule has 0 unspecified atom stereocenters. The summed E-state index contributed by atoms with van der Waals surface area (Å²) in [6.45, 7) is 0. The summed E-state index contributed by atoms with van der Waals surface area (Å²) in [5.74, 6) is 6.86. The highest BCUT2D eigenvalue weighted by Crippen LogP contribution is 2.27. The summed E-state index contributed by atoms with van der Waals surface area (Å²) in [6, 6.07) is 5.19. The first-order chi connectivity index (χ1) is 7.63. The largest absolute Gasteiger partial charge is 0.497 e. The molecule has 16 heavy (non-hydrogen) atoms. The Labute approximate surface area is 91.8 Å². The second-order valence-corrected chi connectivity index (χ2v) is 3.20. The fourth-order valence-electron chi connectivity index (χ4n) is 1.36. The molecule has 1 aromatic heterocycles. The van der Waals surface area contributed by atoms with Crippen molar-refractivity contribution in [2.24, 2.45) is 0 Å². The summed E-state index contributed by atoms with van der Waals surface area (Å²) >= 11 is 0. The maximum Gasteiger partial charge on any atom is 0.241 e. The second-order valence-electron chi connectivity index (χ2n) is 3.20. The summed E-state index contributed by atoms with van der Waals surface area (Å²) in [5, 5.41) is 7.50. The smallest absolute Gasteiger partial charge is 0.241 e. The predicted octanol–water partition coefficient (Wildman–Crippen LogP) is -0.168. The van der Waals surface area contributed by atoms with Gasteiger partial charge in [0.2, 0.25) is 5.95 Å². The van der Waals surface area contributed by atoms with Crippen molar-refractivity contribution in [3.8, 4) is 17.1 Å². The molecule has 0 atom stereocenters. The second kappa shape index (κ2) is 3.61. The standard InChI is InChI=1S/C9H12N6O/c1-16-5-2-3-6(7(10)4-5)8-13-14-9(11)15(8)12/h2-4H,10,12H2,1H3,(H2,11,14). The quantitative estimate of drug-likeness (QED) is 0.477. The fraction of sp³-hybridized carbons (Fsp3) is 0.111. The maximum absolute atomic E-state index is 5.85. The highest BCUT2D eigenvalue weighted by atomic mass is 16.5. The highest BCUT2D eigenvalue weighted by molar-refractivity contribution is 5.73. The van der Waals surface area contributed by atoms with E-state index < -0.39 is 0 Å². The van der Waals surface area contributed by atoms with Gasteiger partial charge in [0.15, 0.2) is 5.82 Å². The minimum Gasteiger partial charge on any atom is -0.497 e. The zero-order valence-electron chi connectivity index (χ0n) is 8.71. The Morgan fingerprint density at radius 1 is 1.25 bits per heavy atom. The van der Waals surface area contributed by atoms with E-state index >= 15 is 0 Å². The number of hydrogen-bond donors (Lipinski definition) is 3. The summed E-state index contributed by atoms with van der Waals surface area (Å²) in [4.78, 5) is 0. The van der Waals surface area contributed by atoms with Crippen LogP contribution >= 0.6 is 0 Å². The van der Waals surface area contributed by atoms with Crippen molar-refractivity contribution in [2.45, 2.75) is 0 Å². The minimum absolute atomic E-state index is 0.130. The number of hydrogen-bond acceptors (Lipinski definition) is 6. The lowest BCUT2D eigenvalue weighted by Crippen LogP contribution is -2.13. The molecule has 0 saturated carbocycles. The van der Waals surface area contributed by atoms with Crippen LogP contribution in [0.4, 0.5) is 11.6 Å². The molecule has 1 aromatic carbocycles. The minimum atomic E-state index is 0.130. The highest BCUT2D eigenvalue weighted by Gasteiger charge is 2.12. The molecular formula is C9H12N6O. The Hall–Kier alpha value is -2.44. The van der Waals surface area contributed by atoms with Gasteiger partial charge in [0, 0.05) is 17.3 Å². The van der Waals surface area contributed by atoms with Crippen molar-refractivity contribution in [2.75, 3.05) is 24.4 Å². The number of anilines is 2. The third-order valence-corrected chi connectivity index (χ3v) is 2.22. The molecule has 0 aliphatic carbocycles. The normalized spacial score (nSPS) is 10.3. The zero-order chi connectivity index (χ0) is 11.7. The summed E-state index contributed by atoms with van der Waals surface area (Å²) < 4.78 is 6.22. The number of methoxy groups -OCH3 is 1. The lowest BCUT2D eigenvalue weighted by Gasteiger charge is -2.06. The Bertz CT molecular complexity index is 521. The first-order valence-electron chi connectivity index (χ1n) is 4.53. The molecule has 7 nitrogen and oxygen atoms in total. The van der Waals surface area contributed by atoms with Crippen molar-refractivity contribution in [1.82, 2.24) is 14.9 Å². The number of benzene rings is 1. The van der Waals surface area contributed by atoms with Crippen LogP contribution in [0.5, 0.6) is 5.75 Å². The monoisotopic (exact) mass is 220 g/mol. The molecule has 84 valence electrons. The first-order valence-corrected chi connectivity index (χ1v) is 4.53. The molecule has 1 heterocycles. The molecular weight excluding hydrogens is 208 g/mol. The molecule has 0 aliphatic heterocycles. The van der Waals surface area contributed by atoms with E-state index in [4.69, 9.17) is 22.0 Å². The van der Waals surface area contributed by atoms with E-state index in [0.717, 1.165) is 0 Å².